The molecule has 1 aliphatic rings. The molecule has 0 saturated carbocycles. The van der Waals surface area contributed by atoms with E-state index in [-0.39, 0.29) is 11.2 Å². The van der Waals surface area contributed by atoms with E-state index in [4.69, 9.17) is 9.97 Å². The minimum Gasteiger partial charge on any atom is -0.339 e. The molecular weight excluding hydrogens is 444 g/mol. The smallest absolute Gasteiger partial charge is 0.332 e. The Hall–Kier alpha value is -2.59. The fourth-order valence-corrected chi connectivity index (χ4v) is 6.46. The Morgan fingerprint density at radius 3 is 2.72 bits per heavy atom. The fourth-order valence-electron chi connectivity index (χ4n) is 4.40. The number of imidazole rings is 1. The number of anilines is 1. The predicted octanol–water partition coefficient (Wildman–Crippen LogP) is 3.21. The van der Waals surface area contributed by atoms with Crippen molar-refractivity contribution in [2.24, 2.45) is 14.1 Å². The lowest BCUT2D eigenvalue weighted by molar-refractivity contribution is 0.471. The van der Waals surface area contributed by atoms with Crippen molar-refractivity contribution in [1.29, 1.82) is 0 Å². The minimum atomic E-state index is -0.353. The Kier molecular flexibility index (Phi) is 5.58. The number of hydrogen-bond acceptors (Lipinski definition) is 7. The summed E-state index contributed by atoms with van der Waals surface area (Å²) in [5.74, 6) is 1.54. The van der Waals surface area contributed by atoms with E-state index in [2.05, 4.69) is 17.9 Å². The molecule has 0 spiro atoms. The molecule has 5 rings (SSSR count). The van der Waals surface area contributed by atoms with Crippen molar-refractivity contribution in [2.75, 3.05) is 17.2 Å². The molecule has 4 aromatic rings. The second kappa shape index (κ2) is 8.40. The Bertz CT molecular complexity index is 1380. The molecule has 10 heteroatoms. The van der Waals surface area contributed by atoms with Crippen LogP contribution in [0.1, 0.15) is 26.2 Å². The maximum absolute atomic E-state index is 13.1. The highest BCUT2D eigenvalue weighted by molar-refractivity contribution is 8.01. The van der Waals surface area contributed by atoms with Crippen LogP contribution >= 0.6 is 23.1 Å². The Labute approximate surface area is 193 Å². The summed E-state index contributed by atoms with van der Waals surface area (Å²) >= 11 is 3.38. The first-order chi connectivity index (χ1) is 15.5. The van der Waals surface area contributed by atoms with Crippen LogP contribution in [0.2, 0.25) is 0 Å². The van der Waals surface area contributed by atoms with Crippen LogP contribution in [0.15, 0.2) is 38.2 Å². The molecule has 3 aromatic heterocycles. The number of benzene rings is 1. The van der Waals surface area contributed by atoms with E-state index in [0.717, 1.165) is 40.9 Å². The standard InChI is InChI=1S/C22H26N6O2S2/c1-14-8-6-7-11-27(14)20-24-18-17(19(29)26(3)22(30)25(18)2)28(20)12-13-31-21-23-15-9-4-5-10-16(15)32-21/h4-5,9-10,14H,6-8,11-13H2,1-3H3. The molecule has 1 saturated heterocycles. The van der Waals surface area contributed by atoms with Crippen LogP contribution in [0, 0.1) is 0 Å². The van der Waals surface area contributed by atoms with Crippen LogP contribution in [0.25, 0.3) is 21.4 Å². The number of nitrogens with zero attached hydrogens (tertiary/aromatic N) is 6. The zero-order valence-corrected chi connectivity index (χ0v) is 20.1. The molecular formula is C22H26N6O2S2. The van der Waals surface area contributed by atoms with Crippen molar-refractivity contribution in [1.82, 2.24) is 23.7 Å². The van der Waals surface area contributed by atoms with E-state index in [9.17, 15) is 9.59 Å². The predicted molar refractivity (Wildman–Crippen MR) is 131 cm³/mol. The van der Waals surface area contributed by atoms with E-state index < -0.39 is 0 Å². The minimum absolute atomic E-state index is 0.295. The third-order valence-electron chi connectivity index (χ3n) is 6.20. The van der Waals surface area contributed by atoms with E-state index in [1.807, 2.05) is 22.8 Å². The van der Waals surface area contributed by atoms with Gasteiger partial charge in [0.1, 0.15) is 0 Å². The first-order valence-corrected chi connectivity index (χ1v) is 12.7. The Balaban J connectivity index is 1.54. The lowest BCUT2D eigenvalue weighted by atomic mass is 10.0. The Morgan fingerprint density at radius 1 is 1.12 bits per heavy atom. The Morgan fingerprint density at radius 2 is 1.94 bits per heavy atom. The first-order valence-electron chi connectivity index (χ1n) is 10.9. The highest BCUT2D eigenvalue weighted by Gasteiger charge is 2.27. The van der Waals surface area contributed by atoms with Crippen molar-refractivity contribution in [3.63, 3.8) is 0 Å². The SMILES string of the molecule is CC1CCCCN1c1nc2c(c(=O)n(C)c(=O)n2C)n1CCSc1nc2ccccc2s1. The number of aryl methyl sites for hydroxylation is 2. The molecule has 168 valence electrons. The van der Waals surface area contributed by atoms with Gasteiger partial charge in [0.05, 0.1) is 10.2 Å². The summed E-state index contributed by atoms with van der Waals surface area (Å²) in [5, 5.41) is 0. The monoisotopic (exact) mass is 470 g/mol. The van der Waals surface area contributed by atoms with Crippen molar-refractivity contribution in [2.45, 2.75) is 43.1 Å². The largest absolute Gasteiger partial charge is 0.339 e. The zero-order valence-electron chi connectivity index (χ0n) is 18.4. The van der Waals surface area contributed by atoms with Crippen LogP contribution in [0.4, 0.5) is 5.95 Å². The fraction of sp³-hybridized carbons (Fsp3) is 0.455. The number of thiazole rings is 1. The molecule has 8 nitrogen and oxygen atoms in total. The van der Waals surface area contributed by atoms with Gasteiger partial charge < -0.3 is 9.47 Å². The van der Waals surface area contributed by atoms with Gasteiger partial charge in [-0.25, -0.2) is 9.78 Å². The van der Waals surface area contributed by atoms with Crippen LogP contribution in [0.3, 0.4) is 0 Å². The summed E-state index contributed by atoms with van der Waals surface area (Å²) in [7, 11) is 3.21. The number of thioether (sulfide) groups is 1. The molecule has 1 aliphatic heterocycles. The first kappa shape index (κ1) is 21.3. The molecule has 0 bridgehead atoms. The van der Waals surface area contributed by atoms with E-state index in [1.165, 1.54) is 27.3 Å². The summed E-state index contributed by atoms with van der Waals surface area (Å²) in [6.45, 7) is 3.72. The third-order valence-corrected chi connectivity index (χ3v) is 8.36. The van der Waals surface area contributed by atoms with Gasteiger partial charge in [-0.15, -0.1) is 11.3 Å². The van der Waals surface area contributed by atoms with Gasteiger partial charge in [-0.1, -0.05) is 23.9 Å². The van der Waals surface area contributed by atoms with Crippen LogP contribution in [-0.2, 0) is 20.6 Å². The molecule has 0 amide bonds. The maximum Gasteiger partial charge on any atom is 0.332 e. The molecule has 0 N–H and O–H groups in total. The third kappa shape index (κ3) is 3.55. The van der Waals surface area contributed by atoms with Crippen molar-refractivity contribution in [3.05, 3.63) is 45.1 Å². The molecule has 1 fully saturated rings. The lowest BCUT2D eigenvalue weighted by Gasteiger charge is -2.34. The molecule has 1 atom stereocenters. The summed E-state index contributed by atoms with van der Waals surface area (Å²) in [6, 6.07) is 8.48. The highest BCUT2D eigenvalue weighted by Crippen LogP contribution is 2.31. The van der Waals surface area contributed by atoms with E-state index >= 15 is 0 Å². The van der Waals surface area contributed by atoms with E-state index in [0.29, 0.717) is 23.8 Å². The summed E-state index contributed by atoms with van der Waals surface area (Å²) < 4.78 is 6.86. The van der Waals surface area contributed by atoms with Crippen LogP contribution in [0.5, 0.6) is 0 Å². The van der Waals surface area contributed by atoms with Gasteiger partial charge >= 0.3 is 5.69 Å². The van der Waals surface area contributed by atoms with Gasteiger partial charge in [-0.05, 0) is 38.3 Å². The molecule has 32 heavy (non-hydrogen) atoms. The molecule has 4 heterocycles. The lowest BCUT2D eigenvalue weighted by Crippen LogP contribution is -2.39. The van der Waals surface area contributed by atoms with Crippen LogP contribution < -0.4 is 16.1 Å². The number of aromatic nitrogens is 5. The van der Waals surface area contributed by atoms with E-state index in [1.54, 1.807) is 30.1 Å². The number of piperidine rings is 1. The topological polar surface area (TPSA) is 78.0 Å². The average molecular weight is 471 g/mol. The zero-order chi connectivity index (χ0) is 22.4. The maximum atomic E-state index is 13.1. The second-order valence-electron chi connectivity index (χ2n) is 8.28. The number of rotatable bonds is 5. The average Bonchev–Trinajstić information content (AvgIpc) is 3.38. The number of fused-ring (bicyclic) bond motifs is 2. The summed E-state index contributed by atoms with van der Waals surface area (Å²) in [4.78, 5) is 37.4. The van der Waals surface area contributed by atoms with Gasteiger partial charge in [-0.2, -0.15) is 4.98 Å². The molecule has 1 aromatic carbocycles. The number of hydrogen-bond donors (Lipinski definition) is 0. The molecule has 0 radical (unpaired) electrons. The van der Waals surface area contributed by atoms with Gasteiger partial charge in [0, 0.05) is 39.0 Å². The normalized spacial score (nSPS) is 17.0. The second-order valence-corrected chi connectivity index (χ2v) is 10.6. The van der Waals surface area contributed by atoms with Crippen molar-refractivity contribution < 1.29 is 0 Å². The quantitative estimate of drug-likeness (QED) is 0.417. The van der Waals surface area contributed by atoms with Gasteiger partial charge in [0.25, 0.3) is 5.56 Å². The van der Waals surface area contributed by atoms with Gasteiger partial charge in [-0.3, -0.25) is 13.9 Å². The van der Waals surface area contributed by atoms with Crippen molar-refractivity contribution >= 4 is 50.4 Å². The van der Waals surface area contributed by atoms with Crippen molar-refractivity contribution in [3.8, 4) is 0 Å². The van der Waals surface area contributed by atoms with Gasteiger partial charge in [0.15, 0.2) is 15.5 Å². The summed E-state index contributed by atoms with van der Waals surface area (Å²) in [6.07, 6.45) is 3.40. The molecule has 1 unspecified atom stereocenters. The van der Waals surface area contributed by atoms with Crippen LogP contribution in [-0.4, -0.2) is 42.0 Å². The molecule has 0 aliphatic carbocycles. The number of para-hydroxylation sites is 1. The summed E-state index contributed by atoms with van der Waals surface area (Å²) in [5.41, 5.74) is 1.31. The highest BCUT2D eigenvalue weighted by atomic mass is 32.2. The van der Waals surface area contributed by atoms with Gasteiger partial charge in [0.2, 0.25) is 5.95 Å².